The number of fused-ring (bicyclic) bond motifs is 1. The number of halogens is 3. The molecular formula is C18H20F3N3O3. The second kappa shape index (κ2) is 7.13. The van der Waals surface area contributed by atoms with E-state index in [1.54, 1.807) is 0 Å². The maximum Gasteiger partial charge on any atom is 0.394 e. The number of hydrogen-bond acceptors (Lipinski definition) is 2. The van der Waals surface area contributed by atoms with Crippen molar-refractivity contribution in [3.63, 3.8) is 0 Å². The summed E-state index contributed by atoms with van der Waals surface area (Å²) in [6.45, 7) is 1.13. The molecule has 3 rings (SSSR count). The Balaban J connectivity index is 1.59. The van der Waals surface area contributed by atoms with Gasteiger partial charge in [-0.05, 0) is 24.5 Å². The molecule has 0 radical (unpaired) electrons. The number of nitrogens with one attached hydrogen (secondary N) is 2. The molecule has 2 amide bonds. The summed E-state index contributed by atoms with van der Waals surface area (Å²) < 4.78 is 39.0. The van der Waals surface area contributed by atoms with E-state index in [4.69, 9.17) is 5.11 Å². The summed E-state index contributed by atoms with van der Waals surface area (Å²) in [5.74, 6) is -5.22. The predicted octanol–water partition coefficient (Wildman–Crippen LogP) is 2.92. The molecule has 0 saturated carbocycles. The number of hydrogen-bond donors (Lipinski definition) is 3. The quantitative estimate of drug-likeness (QED) is 0.759. The van der Waals surface area contributed by atoms with E-state index in [1.165, 1.54) is 0 Å². The predicted molar refractivity (Wildman–Crippen MR) is 92.4 cm³/mol. The van der Waals surface area contributed by atoms with Crippen molar-refractivity contribution in [1.29, 1.82) is 0 Å². The molecular weight excluding hydrogens is 363 g/mol. The molecule has 27 heavy (non-hydrogen) atoms. The number of aromatic nitrogens is 1. The van der Waals surface area contributed by atoms with Gasteiger partial charge in [-0.15, -0.1) is 0 Å². The number of aromatic amines is 1. The molecule has 0 unspecified atom stereocenters. The van der Waals surface area contributed by atoms with E-state index >= 15 is 0 Å². The van der Waals surface area contributed by atoms with E-state index in [0.717, 1.165) is 26.9 Å². The first-order valence-electron chi connectivity index (χ1n) is 8.56. The van der Waals surface area contributed by atoms with E-state index in [9.17, 15) is 22.8 Å². The van der Waals surface area contributed by atoms with Crippen LogP contribution in [-0.2, 0) is 11.2 Å². The fourth-order valence-electron chi connectivity index (χ4n) is 3.54. The maximum absolute atomic E-state index is 13.0. The van der Waals surface area contributed by atoms with Gasteiger partial charge in [0.05, 0.1) is 11.8 Å². The first kappa shape index (κ1) is 19.1. The zero-order valence-corrected chi connectivity index (χ0v) is 14.6. The molecule has 146 valence electrons. The largest absolute Gasteiger partial charge is 0.481 e. The van der Waals surface area contributed by atoms with Gasteiger partial charge in [-0.1, -0.05) is 18.2 Å². The third-order valence-electron chi connectivity index (χ3n) is 5.02. The molecule has 1 saturated heterocycles. The van der Waals surface area contributed by atoms with Crippen LogP contribution in [0.15, 0.2) is 24.4 Å². The SMILES string of the molecule is Cc1cccc2c(CCNC(=O)N3C[C@@H](C(F)(F)F)[C@H](C(=O)O)C3)c[nH]c12. The van der Waals surface area contributed by atoms with Crippen LogP contribution >= 0.6 is 0 Å². The van der Waals surface area contributed by atoms with Gasteiger partial charge in [0, 0.05) is 36.7 Å². The molecule has 9 heteroatoms. The zero-order valence-electron chi connectivity index (χ0n) is 14.6. The molecule has 1 aliphatic rings. The van der Waals surface area contributed by atoms with Gasteiger partial charge in [-0.3, -0.25) is 4.79 Å². The number of carboxylic acids is 1. The van der Waals surface area contributed by atoms with Crippen LogP contribution in [0.25, 0.3) is 10.9 Å². The number of amides is 2. The Kier molecular flexibility index (Phi) is 5.03. The van der Waals surface area contributed by atoms with Gasteiger partial charge in [0.2, 0.25) is 0 Å². The number of rotatable bonds is 4. The van der Waals surface area contributed by atoms with Gasteiger partial charge in [0.1, 0.15) is 0 Å². The number of carbonyl (C=O) groups excluding carboxylic acids is 1. The topological polar surface area (TPSA) is 85.4 Å². The average Bonchev–Trinajstić information content (AvgIpc) is 3.20. The number of likely N-dealkylation sites (tertiary alicyclic amines) is 1. The Hall–Kier alpha value is -2.71. The van der Waals surface area contributed by atoms with Crippen LogP contribution < -0.4 is 5.32 Å². The smallest absolute Gasteiger partial charge is 0.394 e. The molecule has 0 spiro atoms. The second-order valence-electron chi connectivity index (χ2n) is 6.79. The lowest BCUT2D eigenvalue weighted by molar-refractivity contribution is -0.187. The van der Waals surface area contributed by atoms with Gasteiger partial charge in [0.25, 0.3) is 0 Å². The molecule has 0 aliphatic carbocycles. The Labute approximate surface area is 153 Å². The normalized spacial score (nSPS) is 20.2. The lowest BCUT2D eigenvalue weighted by Crippen LogP contribution is -2.40. The highest BCUT2D eigenvalue weighted by atomic mass is 19.4. The average molecular weight is 383 g/mol. The molecule has 1 aliphatic heterocycles. The third kappa shape index (κ3) is 3.86. The van der Waals surface area contributed by atoms with E-state index < -0.39 is 43.1 Å². The highest BCUT2D eigenvalue weighted by Crippen LogP contribution is 2.37. The number of nitrogens with zero attached hydrogens (tertiary/aromatic N) is 1. The number of aliphatic carboxylic acids is 1. The summed E-state index contributed by atoms with van der Waals surface area (Å²) in [5, 5.41) is 12.6. The summed E-state index contributed by atoms with van der Waals surface area (Å²) in [7, 11) is 0. The highest BCUT2D eigenvalue weighted by Gasteiger charge is 2.53. The fourth-order valence-corrected chi connectivity index (χ4v) is 3.54. The van der Waals surface area contributed by atoms with Crippen LogP contribution in [0.5, 0.6) is 0 Å². The van der Waals surface area contributed by atoms with E-state index in [-0.39, 0.29) is 6.54 Å². The number of carboxylic acid groups (broad SMARTS) is 1. The molecule has 2 heterocycles. The standard InChI is InChI=1S/C18H20F3N3O3/c1-10-3-2-4-12-11(7-23-15(10)12)5-6-22-17(27)24-8-13(16(25)26)14(9-24)18(19,20)21/h2-4,7,13-14,23H,5-6,8-9H2,1H3,(H,22,27)(H,25,26)/t13-,14-/m1/s1. The van der Waals surface area contributed by atoms with Gasteiger partial charge in [0.15, 0.2) is 0 Å². The number of urea groups is 1. The monoisotopic (exact) mass is 383 g/mol. The lowest BCUT2D eigenvalue weighted by Gasteiger charge is -2.18. The number of para-hydroxylation sites is 1. The van der Waals surface area contributed by atoms with Gasteiger partial charge < -0.3 is 20.3 Å². The summed E-state index contributed by atoms with van der Waals surface area (Å²) in [5.41, 5.74) is 3.10. The van der Waals surface area contributed by atoms with Crippen LogP contribution in [0.3, 0.4) is 0 Å². The minimum atomic E-state index is -4.65. The first-order valence-corrected chi connectivity index (χ1v) is 8.56. The number of alkyl halides is 3. The van der Waals surface area contributed by atoms with Crippen molar-refractivity contribution in [3.8, 4) is 0 Å². The van der Waals surface area contributed by atoms with E-state index in [0.29, 0.717) is 6.42 Å². The number of carbonyl (C=O) groups is 2. The molecule has 2 aromatic rings. The van der Waals surface area contributed by atoms with Crippen LogP contribution in [0.2, 0.25) is 0 Å². The molecule has 1 aromatic carbocycles. The van der Waals surface area contributed by atoms with Crippen molar-refractivity contribution in [2.24, 2.45) is 11.8 Å². The molecule has 1 fully saturated rings. The number of aryl methyl sites for hydroxylation is 1. The van der Waals surface area contributed by atoms with Crippen molar-refractivity contribution >= 4 is 22.9 Å². The van der Waals surface area contributed by atoms with Gasteiger partial charge >= 0.3 is 18.2 Å². The van der Waals surface area contributed by atoms with E-state index in [2.05, 4.69) is 10.3 Å². The van der Waals surface area contributed by atoms with Gasteiger partial charge in [-0.2, -0.15) is 13.2 Å². The van der Waals surface area contributed by atoms with Crippen LogP contribution in [0.1, 0.15) is 11.1 Å². The highest BCUT2D eigenvalue weighted by molar-refractivity contribution is 5.86. The van der Waals surface area contributed by atoms with Crippen molar-refractivity contribution in [3.05, 3.63) is 35.5 Å². The Morgan fingerprint density at radius 2 is 2.07 bits per heavy atom. The zero-order chi connectivity index (χ0) is 19.8. The summed E-state index contributed by atoms with van der Waals surface area (Å²) >= 11 is 0. The first-order chi connectivity index (χ1) is 12.7. The van der Waals surface area contributed by atoms with Crippen LogP contribution in [0, 0.1) is 18.8 Å². The molecule has 1 aromatic heterocycles. The summed E-state index contributed by atoms with van der Waals surface area (Å²) in [4.78, 5) is 27.4. The lowest BCUT2D eigenvalue weighted by atomic mass is 9.96. The van der Waals surface area contributed by atoms with Crippen molar-refractivity contribution in [1.82, 2.24) is 15.2 Å². The fraction of sp³-hybridized carbons (Fsp3) is 0.444. The summed E-state index contributed by atoms with van der Waals surface area (Å²) in [6, 6.07) is 5.19. The maximum atomic E-state index is 13.0. The minimum Gasteiger partial charge on any atom is -0.481 e. The number of H-pyrrole nitrogens is 1. The Bertz CT molecular complexity index is 862. The van der Waals surface area contributed by atoms with Crippen molar-refractivity contribution < 1.29 is 27.9 Å². The third-order valence-corrected chi connectivity index (χ3v) is 5.02. The van der Waals surface area contributed by atoms with Crippen LogP contribution in [-0.4, -0.2) is 52.8 Å². The second-order valence-corrected chi connectivity index (χ2v) is 6.79. The Morgan fingerprint density at radius 3 is 2.70 bits per heavy atom. The van der Waals surface area contributed by atoms with Gasteiger partial charge in [-0.25, -0.2) is 4.79 Å². The van der Waals surface area contributed by atoms with Crippen molar-refractivity contribution in [2.75, 3.05) is 19.6 Å². The Morgan fingerprint density at radius 1 is 1.33 bits per heavy atom. The van der Waals surface area contributed by atoms with Crippen molar-refractivity contribution in [2.45, 2.75) is 19.5 Å². The molecule has 2 atom stereocenters. The van der Waals surface area contributed by atoms with Crippen LogP contribution in [0.4, 0.5) is 18.0 Å². The summed E-state index contributed by atoms with van der Waals surface area (Å²) in [6.07, 6.45) is -2.30. The van der Waals surface area contributed by atoms with E-state index in [1.807, 2.05) is 31.3 Å². The molecule has 6 nitrogen and oxygen atoms in total. The minimum absolute atomic E-state index is 0.241. The molecule has 0 bridgehead atoms. The molecule has 3 N–H and O–H groups in total. The number of benzene rings is 1.